The van der Waals surface area contributed by atoms with Gasteiger partial charge in [-0.05, 0) is 78.0 Å². The highest BCUT2D eigenvalue weighted by Gasteiger charge is 2.35. The second-order valence-electron chi connectivity index (χ2n) is 10.4. The standard InChI is InChI=1S/C30H30ClF2N3O3S/c1-40(38,39)29(22-14-25(32)16-26(33)15-22)23-17-36(18-23)27(20-8-10-24(31)11-9-20)19-4-6-21(7-5-19)28(30(34)37)35-12-2-3-13-35/h4-11,14-16,27-28H,2-3,12-13,17-18H2,1H3,(H2,34,37). The predicted octanol–water partition coefficient (Wildman–Crippen LogP) is 5.10. The average Bonchev–Trinajstić information content (AvgIpc) is 3.37. The van der Waals surface area contributed by atoms with Crippen molar-refractivity contribution in [2.75, 3.05) is 32.4 Å². The number of nitrogens with two attached hydrogens (primary N) is 1. The summed E-state index contributed by atoms with van der Waals surface area (Å²) < 4.78 is 53.4. The van der Waals surface area contributed by atoms with Crippen LogP contribution in [0.25, 0.3) is 4.91 Å². The fraction of sp³-hybridized carbons (Fsp3) is 0.300. The third-order valence-corrected chi connectivity index (χ3v) is 9.02. The van der Waals surface area contributed by atoms with Crippen LogP contribution in [0.4, 0.5) is 8.78 Å². The number of likely N-dealkylation sites (tertiary alicyclic amines) is 2. The van der Waals surface area contributed by atoms with E-state index < -0.39 is 27.5 Å². The number of hydrogen-bond acceptors (Lipinski definition) is 5. The Kier molecular flexibility index (Phi) is 8.10. The summed E-state index contributed by atoms with van der Waals surface area (Å²) >= 11 is 6.15. The van der Waals surface area contributed by atoms with Gasteiger partial charge in [0.25, 0.3) is 0 Å². The van der Waals surface area contributed by atoms with Crippen LogP contribution in [0.15, 0.2) is 72.3 Å². The van der Waals surface area contributed by atoms with E-state index in [9.17, 15) is 22.0 Å². The number of carbonyl (C=O) groups excluding carboxylic acids is 1. The van der Waals surface area contributed by atoms with Gasteiger partial charge in [0.05, 0.1) is 10.9 Å². The molecule has 2 saturated heterocycles. The van der Waals surface area contributed by atoms with Gasteiger partial charge in [-0.2, -0.15) is 0 Å². The Morgan fingerprint density at radius 3 is 1.85 bits per heavy atom. The number of primary amides is 1. The lowest BCUT2D eigenvalue weighted by Gasteiger charge is -2.42. The predicted molar refractivity (Wildman–Crippen MR) is 152 cm³/mol. The van der Waals surface area contributed by atoms with E-state index in [0.29, 0.717) is 16.7 Å². The zero-order valence-electron chi connectivity index (χ0n) is 22.0. The molecule has 210 valence electrons. The number of amides is 1. The second kappa shape index (κ2) is 11.4. The van der Waals surface area contributed by atoms with E-state index >= 15 is 0 Å². The molecular weight excluding hydrogens is 556 g/mol. The van der Waals surface area contributed by atoms with Crippen molar-refractivity contribution in [2.45, 2.75) is 24.9 Å². The SMILES string of the molecule is CS(=O)(=O)C(=C1CN(C(c2ccc(Cl)cc2)c2ccc(C(C(N)=O)N3CCCC3)cc2)C1)c1cc(F)cc(F)c1. The van der Waals surface area contributed by atoms with Crippen LogP contribution in [0.5, 0.6) is 0 Å². The lowest BCUT2D eigenvalue weighted by molar-refractivity contribution is -0.123. The molecule has 2 aliphatic heterocycles. The molecule has 0 radical (unpaired) electrons. The van der Waals surface area contributed by atoms with Crippen molar-refractivity contribution in [3.8, 4) is 0 Å². The highest BCUT2D eigenvalue weighted by Crippen LogP contribution is 2.39. The van der Waals surface area contributed by atoms with Crippen molar-refractivity contribution >= 4 is 32.3 Å². The Labute approximate surface area is 238 Å². The van der Waals surface area contributed by atoms with Crippen LogP contribution in [0.1, 0.15) is 47.2 Å². The summed E-state index contributed by atoms with van der Waals surface area (Å²) in [4.78, 5) is 16.5. The van der Waals surface area contributed by atoms with Gasteiger partial charge in [-0.1, -0.05) is 48.0 Å². The first-order valence-corrected chi connectivity index (χ1v) is 15.3. The second-order valence-corrected chi connectivity index (χ2v) is 12.8. The molecule has 40 heavy (non-hydrogen) atoms. The summed E-state index contributed by atoms with van der Waals surface area (Å²) in [7, 11) is -3.77. The highest BCUT2D eigenvalue weighted by molar-refractivity contribution is 8.00. The van der Waals surface area contributed by atoms with Crippen LogP contribution < -0.4 is 5.73 Å². The number of benzene rings is 3. The van der Waals surface area contributed by atoms with Crippen LogP contribution in [0, 0.1) is 11.6 Å². The molecule has 2 atom stereocenters. The molecule has 0 aromatic heterocycles. The largest absolute Gasteiger partial charge is 0.368 e. The molecule has 10 heteroatoms. The summed E-state index contributed by atoms with van der Waals surface area (Å²) in [5.74, 6) is -2.06. The lowest BCUT2D eigenvalue weighted by atomic mass is 9.91. The Morgan fingerprint density at radius 1 is 0.850 bits per heavy atom. The number of rotatable bonds is 8. The minimum Gasteiger partial charge on any atom is -0.368 e. The van der Waals surface area contributed by atoms with Gasteiger partial charge in [0, 0.05) is 30.4 Å². The van der Waals surface area contributed by atoms with Crippen LogP contribution in [0.3, 0.4) is 0 Å². The molecule has 2 heterocycles. The van der Waals surface area contributed by atoms with Gasteiger partial charge < -0.3 is 5.73 Å². The topological polar surface area (TPSA) is 83.7 Å². The zero-order valence-corrected chi connectivity index (χ0v) is 23.6. The van der Waals surface area contributed by atoms with Gasteiger partial charge in [-0.3, -0.25) is 14.6 Å². The molecule has 0 saturated carbocycles. The average molecular weight is 586 g/mol. The molecule has 0 bridgehead atoms. The first kappa shape index (κ1) is 28.4. The van der Waals surface area contributed by atoms with Crippen molar-refractivity contribution in [1.29, 1.82) is 0 Å². The van der Waals surface area contributed by atoms with E-state index in [1.54, 1.807) is 12.1 Å². The summed E-state index contributed by atoms with van der Waals surface area (Å²) in [5.41, 5.74) is 9.06. The molecule has 2 N–H and O–H groups in total. The van der Waals surface area contributed by atoms with E-state index in [1.807, 2.05) is 36.4 Å². The van der Waals surface area contributed by atoms with Crippen molar-refractivity contribution in [2.24, 2.45) is 5.73 Å². The number of sulfone groups is 1. The van der Waals surface area contributed by atoms with Crippen LogP contribution in [-0.4, -0.2) is 56.6 Å². The molecular formula is C30H30ClF2N3O3S. The van der Waals surface area contributed by atoms with Crippen LogP contribution >= 0.6 is 11.6 Å². The van der Waals surface area contributed by atoms with Crippen molar-refractivity contribution in [3.63, 3.8) is 0 Å². The lowest BCUT2D eigenvalue weighted by Crippen LogP contribution is -2.44. The molecule has 2 fully saturated rings. The Balaban J connectivity index is 1.49. The van der Waals surface area contributed by atoms with Crippen LogP contribution in [-0.2, 0) is 14.6 Å². The molecule has 0 spiro atoms. The minimum absolute atomic E-state index is 0.00134. The maximum Gasteiger partial charge on any atom is 0.239 e. The smallest absolute Gasteiger partial charge is 0.239 e. The van der Waals surface area contributed by atoms with Gasteiger partial charge in [-0.25, -0.2) is 17.2 Å². The summed E-state index contributed by atoms with van der Waals surface area (Å²) in [6.07, 6.45) is 3.11. The fourth-order valence-corrected chi connectivity index (χ4v) is 7.14. The van der Waals surface area contributed by atoms with E-state index in [-0.39, 0.29) is 35.5 Å². The van der Waals surface area contributed by atoms with Gasteiger partial charge in [0.15, 0.2) is 9.84 Å². The summed E-state index contributed by atoms with van der Waals surface area (Å²) in [6.45, 7) is 2.22. The Morgan fingerprint density at radius 2 is 1.35 bits per heavy atom. The van der Waals surface area contributed by atoms with Crippen molar-refractivity contribution in [1.82, 2.24) is 9.80 Å². The molecule has 5 rings (SSSR count). The maximum atomic E-state index is 14.0. The van der Waals surface area contributed by atoms with Gasteiger partial charge >= 0.3 is 0 Å². The quantitative estimate of drug-likeness (QED) is 0.398. The summed E-state index contributed by atoms with van der Waals surface area (Å²) in [6, 6.07) is 17.2. The molecule has 3 aromatic carbocycles. The third-order valence-electron chi connectivity index (χ3n) is 7.50. The van der Waals surface area contributed by atoms with E-state index in [1.165, 1.54) is 0 Å². The zero-order chi connectivity index (χ0) is 28.6. The monoisotopic (exact) mass is 585 g/mol. The molecule has 3 aromatic rings. The number of carbonyl (C=O) groups is 1. The van der Waals surface area contributed by atoms with Gasteiger partial charge in [0.2, 0.25) is 5.91 Å². The Hall–Kier alpha value is -3.11. The van der Waals surface area contributed by atoms with Crippen molar-refractivity contribution in [3.05, 3.63) is 111 Å². The highest BCUT2D eigenvalue weighted by atomic mass is 35.5. The maximum absolute atomic E-state index is 14.0. The number of nitrogens with zero attached hydrogens (tertiary/aromatic N) is 2. The molecule has 2 aliphatic rings. The summed E-state index contributed by atoms with van der Waals surface area (Å²) in [5, 5.41) is 0.587. The first-order valence-electron chi connectivity index (χ1n) is 13.0. The Bertz CT molecular complexity index is 1530. The first-order chi connectivity index (χ1) is 19.0. The molecule has 0 aliphatic carbocycles. The number of hydrogen-bond donors (Lipinski definition) is 1. The van der Waals surface area contributed by atoms with Gasteiger partial charge in [0.1, 0.15) is 17.7 Å². The molecule has 1 amide bonds. The van der Waals surface area contributed by atoms with E-state index in [4.69, 9.17) is 17.3 Å². The van der Waals surface area contributed by atoms with Crippen LogP contribution in [0.2, 0.25) is 5.02 Å². The third kappa shape index (κ3) is 5.98. The van der Waals surface area contributed by atoms with E-state index in [0.717, 1.165) is 61.0 Å². The van der Waals surface area contributed by atoms with Crippen molar-refractivity contribution < 1.29 is 22.0 Å². The number of halogens is 3. The van der Waals surface area contributed by atoms with Gasteiger partial charge in [-0.15, -0.1) is 0 Å². The molecule has 6 nitrogen and oxygen atoms in total. The molecule has 2 unspecified atom stereocenters. The normalized spacial score (nSPS) is 17.9. The fourth-order valence-electron chi connectivity index (χ4n) is 5.81. The van der Waals surface area contributed by atoms with E-state index in [2.05, 4.69) is 9.80 Å². The minimum atomic E-state index is -3.77.